The average molecular weight is 301 g/mol. The van der Waals surface area contributed by atoms with Gasteiger partial charge in [-0.05, 0) is 24.5 Å². The maximum absolute atomic E-state index is 5.92. The fourth-order valence-electron chi connectivity index (χ4n) is 1.37. The summed E-state index contributed by atoms with van der Waals surface area (Å²) in [4.78, 5) is 8.35. The Morgan fingerprint density at radius 3 is 2.39 bits per heavy atom. The molecule has 0 aliphatic heterocycles. The van der Waals surface area contributed by atoms with E-state index >= 15 is 0 Å². The van der Waals surface area contributed by atoms with Gasteiger partial charge in [0.1, 0.15) is 11.6 Å². The Morgan fingerprint density at radius 2 is 1.78 bits per heavy atom. The summed E-state index contributed by atoms with van der Waals surface area (Å²) in [5.41, 5.74) is 6.44. The monoisotopic (exact) mass is 300 g/mol. The number of thioether (sulfide) groups is 1. The molecule has 1 aromatic carbocycles. The molecule has 2 aromatic rings. The van der Waals surface area contributed by atoms with Crippen LogP contribution in [-0.4, -0.2) is 16.2 Å². The molecule has 0 fully saturated rings. The highest BCUT2D eigenvalue weighted by Crippen LogP contribution is 2.25. The number of rotatable bonds is 3. The summed E-state index contributed by atoms with van der Waals surface area (Å²) in [5, 5.41) is 4.80. The van der Waals surface area contributed by atoms with E-state index in [4.69, 9.17) is 28.9 Å². The summed E-state index contributed by atoms with van der Waals surface area (Å²) in [6.07, 6.45) is 1.88. The van der Waals surface area contributed by atoms with Gasteiger partial charge >= 0.3 is 0 Å². The lowest BCUT2D eigenvalue weighted by Crippen LogP contribution is -2.00. The van der Waals surface area contributed by atoms with Crippen molar-refractivity contribution in [1.29, 1.82) is 0 Å². The van der Waals surface area contributed by atoms with Gasteiger partial charge in [0, 0.05) is 21.8 Å². The van der Waals surface area contributed by atoms with Crippen LogP contribution in [0.25, 0.3) is 0 Å². The van der Waals surface area contributed by atoms with E-state index < -0.39 is 0 Å². The molecule has 18 heavy (non-hydrogen) atoms. The van der Waals surface area contributed by atoms with E-state index in [0.717, 1.165) is 5.69 Å². The third-order valence-corrected chi connectivity index (χ3v) is 3.03. The highest BCUT2D eigenvalue weighted by atomic mass is 35.5. The summed E-state index contributed by atoms with van der Waals surface area (Å²) >= 11 is 13.3. The molecular weight excluding hydrogens is 291 g/mol. The van der Waals surface area contributed by atoms with Crippen LogP contribution in [0, 0.1) is 0 Å². The Labute approximate surface area is 119 Å². The first kappa shape index (κ1) is 13.3. The van der Waals surface area contributed by atoms with Crippen LogP contribution in [0.4, 0.5) is 17.3 Å². The fraction of sp³-hybridized carbons (Fsp3) is 0.0909. The Kier molecular flexibility index (Phi) is 4.16. The molecule has 0 unspecified atom stereocenters. The molecule has 2 rings (SSSR count). The second kappa shape index (κ2) is 5.65. The quantitative estimate of drug-likeness (QED) is 0.666. The van der Waals surface area contributed by atoms with Crippen LogP contribution in [0.2, 0.25) is 10.0 Å². The number of halogens is 2. The Bertz CT molecular complexity index is 557. The molecule has 0 spiro atoms. The molecule has 0 bridgehead atoms. The van der Waals surface area contributed by atoms with Crippen LogP contribution in [0.1, 0.15) is 0 Å². The third kappa shape index (κ3) is 3.41. The minimum Gasteiger partial charge on any atom is -0.383 e. The Hall–Kier alpha value is -1.17. The molecule has 7 heteroatoms. The summed E-state index contributed by atoms with van der Waals surface area (Å²) in [6.45, 7) is 0. The van der Waals surface area contributed by atoms with E-state index in [-0.39, 0.29) is 0 Å². The average Bonchev–Trinajstić information content (AvgIpc) is 2.26. The molecule has 0 atom stereocenters. The molecule has 4 nitrogen and oxygen atoms in total. The molecule has 0 aliphatic carbocycles. The van der Waals surface area contributed by atoms with Gasteiger partial charge in [-0.2, -0.15) is 0 Å². The van der Waals surface area contributed by atoms with Crippen molar-refractivity contribution in [2.45, 2.75) is 5.16 Å². The number of benzene rings is 1. The van der Waals surface area contributed by atoms with Crippen LogP contribution >= 0.6 is 35.0 Å². The third-order valence-electron chi connectivity index (χ3n) is 2.04. The molecule has 0 saturated heterocycles. The van der Waals surface area contributed by atoms with Gasteiger partial charge in [-0.25, -0.2) is 9.97 Å². The van der Waals surface area contributed by atoms with Gasteiger partial charge in [0.25, 0.3) is 0 Å². The van der Waals surface area contributed by atoms with Crippen molar-refractivity contribution in [2.24, 2.45) is 0 Å². The summed E-state index contributed by atoms with van der Waals surface area (Å²) in [5.74, 6) is 1.01. The number of nitrogens with two attached hydrogens (primary N) is 1. The van der Waals surface area contributed by atoms with E-state index in [1.54, 1.807) is 24.3 Å². The summed E-state index contributed by atoms with van der Waals surface area (Å²) in [7, 11) is 0. The second-order valence-corrected chi connectivity index (χ2v) is 5.09. The standard InChI is InChI=1S/C11H10Cl2N4S/c1-18-11-16-9(14)5-10(17-11)15-8-3-6(12)2-7(13)4-8/h2-5H,1H3,(H3,14,15,16,17). The predicted molar refractivity (Wildman–Crippen MR) is 78.0 cm³/mol. The van der Waals surface area contributed by atoms with E-state index in [1.807, 2.05) is 6.26 Å². The van der Waals surface area contributed by atoms with Crippen molar-refractivity contribution in [1.82, 2.24) is 9.97 Å². The summed E-state index contributed by atoms with van der Waals surface area (Å²) in [6, 6.07) is 6.82. The highest BCUT2D eigenvalue weighted by Gasteiger charge is 2.04. The normalized spacial score (nSPS) is 10.4. The lowest BCUT2D eigenvalue weighted by atomic mass is 10.3. The van der Waals surface area contributed by atoms with Gasteiger partial charge in [-0.1, -0.05) is 35.0 Å². The minimum atomic E-state index is 0.407. The number of hydrogen-bond acceptors (Lipinski definition) is 5. The van der Waals surface area contributed by atoms with Crippen LogP contribution in [0.15, 0.2) is 29.4 Å². The fourth-order valence-corrected chi connectivity index (χ4v) is 2.28. The van der Waals surface area contributed by atoms with E-state index in [9.17, 15) is 0 Å². The summed E-state index contributed by atoms with van der Waals surface area (Å²) < 4.78 is 0. The Balaban J connectivity index is 2.30. The first-order valence-electron chi connectivity index (χ1n) is 4.98. The minimum absolute atomic E-state index is 0.407. The first-order valence-corrected chi connectivity index (χ1v) is 6.96. The molecule has 1 aromatic heterocycles. The Morgan fingerprint density at radius 1 is 1.11 bits per heavy atom. The van der Waals surface area contributed by atoms with Gasteiger partial charge in [0.2, 0.25) is 0 Å². The van der Waals surface area contributed by atoms with E-state index in [2.05, 4.69) is 15.3 Å². The number of nitrogen functional groups attached to an aromatic ring is 1. The van der Waals surface area contributed by atoms with Gasteiger partial charge in [-0.15, -0.1) is 0 Å². The van der Waals surface area contributed by atoms with Crippen LogP contribution in [0.5, 0.6) is 0 Å². The lowest BCUT2D eigenvalue weighted by Gasteiger charge is -2.08. The molecule has 0 radical (unpaired) electrons. The zero-order chi connectivity index (χ0) is 13.1. The SMILES string of the molecule is CSc1nc(N)cc(Nc2cc(Cl)cc(Cl)c2)n1. The number of nitrogens with one attached hydrogen (secondary N) is 1. The molecule has 0 amide bonds. The van der Waals surface area contributed by atoms with Crippen molar-refractivity contribution in [2.75, 3.05) is 17.3 Å². The number of nitrogens with zero attached hydrogens (tertiary/aromatic N) is 2. The van der Waals surface area contributed by atoms with Crippen LogP contribution < -0.4 is 11.1 Å². The van der Waals surface area contributed by atoms with Gasteiger partial charge in [-0.3, -0.25) is 0 Å². The molecular formula is C11H10Cl2N4S. The van der Waals surface area contributed by atoms with Gasteiger partial charge in [0.05, 0.1) is 0 Å². The van der Waals surface area contributed by atoms with Gasteiger partial charge in [0.15, 0.2) is 5.16 Å². The largest absolute Gasteiger partial charge is 0.383 e. The van der Waals surface area contributed by atoms with Crippen molar-refractivity contribution >= 4 is 52.3 Å². The highest BCUT2D eigenvalue weighted by molar-refractivity contribution is 7.98. The van der Waals surface area contributed by atoms with Crippen molar-refractivity contribution < 1.29 is 0 Å². The topological polar surface area (TPSA) is 63.8 Å². The molecule has 0 aliphatic rings. The molecule has 0 saturated carbocycles. The van der Waals surface area contributed by atoms with Gasteiger partial charge < -0.3 is 11.1 Å². The molecule has 1 heterocycles. The zero-order valence-corrected chi connectivity index (χ0v) is 11.8. The lowest BCUT2D eigenvalue weighted by molar-refractivity contribution is 0.984. The van der Waals surface area contributed by atoms with Crippen molar-refractivity contribution in [3.05, 3.63) is 34.3 Å². The number of anilines is 3. The predicted octanol–water partition coefficient (Wildman–Crippen LogP) is 3.83. The number of hydrogen-bond donors (Lipinski definition) is 2. The van der Waals surface area contributed by atoms with E-state index in [0.29, 0.717) is 26.8 Å². The maximum Gasteiger partial charge on any atom is 0.191 e. The smallest absolute Gasteiger partial charge is 0.191 e. The van der Waals surface area contributed by atoms with E-state index in [1.165, 1.54) is 11.8 Å². The first-order chi connectivity index (χ1) is 8.56. The molecule has 3 N–H and O–H groups in total. The van der Waals surface area contributed by atoms with Crippen LogP contribution in [-0.2, 0) is 0 Å². The second-order valence-electron chi connectivity index (χ2n) is 3.45. The van der Waals surface area contributed by atoms with Crippen LogP contribution in [0.3, 0.4) is 0 Å². The molecule has 94 valence electrons. The van der Waals surface area contributed by atoms with Crippen molar-refractivity contribution in [3.63, 3.8) is 0 Å². The number of aromatic nitrogens is 2. The van der Waals surface area contributed by atoms with Crippen molar-refractivity contribution in [3.8, 4) is 0 Å². The maximum atomic E-state index is 5.92. The zero-order valence-electron chi connectivity index (χ0n) is 9.45.